The molecular weight excluding hydrogens is 190 g/mol. The van der Waals surface area contributed by atoms with Crippen LogP contribution in [0, 0.1) is 6.92 Å². The molecule has 0 heterocycles. The van der Waals surface area contributed by atoms with Crippen molar-refractivity contribution in [2.45, 2.75) is 32.6 Å². The first-order chi connectivity index (χ1) is 7.20. The number of nitrogens with zero attached hydrogens (tertiary/aromatic N) is 1. The third kappa shape index (κ3) is 9.05. The molecule has 0 radical (unpaired) electrons. The fourth-order valence-electron chi connectivity index (χ4n) is 0.933. The van der Waals surface area contributed by atoms with Crippen LogP contribution in [-0.4, -0.2) is 25.0 Å². The molecule has 88 valence electrons. The maximum atomic E-state index is 5.64. The zero-order chi connectivity index (χ0) is 11.5. The van der Waals surface area contributed by atoms with Crippen molar-refractivity contribution in [3.63, 3.8) is 0 Å². The maximum Gasteiger partial charge on any atom is 0.348 e. The first-order valence-electron chi connectivity index (χ1n) is 5.43. The number of nitrogens with one attached hydrogen (secondary N) is 2. The average Bonchev–Trinajstić information content (AvgIpc) is 2.18. The van der Waals surface area contributed by atoms with Crippen LogP contribution in [0.5, 0.6) is 0 Å². The Balaban J connectivity index is 3.78. The number of aliphatic imine (C=N–C) groups is 1. The summed E-state index contributed by atoms with van der Waals surface area (Å²) in [6, 6.07) is 0. The molecule has 0 spiro atoms. The minimum Gasteiger partial charge on any atom is -0.357 e. The van der Waals surface area contributed by atoms with E-state index in [4.69, 9.17) is 11.5 Å². The summed E-state index contributed by atoms with van der Waals surface area (Å²) < 4.78 is 0. The van der Waals surface area contributed by atoms with Gasteiger partial charge in [0.2, 0.25) is 0 Å². The van der Waals surface area contributed by atoms with Gasteiger partial charge in [-0.05, 0) is 6.42 Å². The number of unbranched alkanes of at least 4 members (excludes halogenated alkanes) is 2. The molecule has 5 heteroatoms. The van der Waals surface area contributed by atoms with E-state index in [2.05, 4.69) is 29.1 Å². The van der Waals surface area contributed by atoms with Gasteiger partial charge in [0.25, 0.3) is 5.96 Å². The summed E-state index contributed by atoms with van der Waals surface area (Å²) in [7, 11) is 0. The van der Waals surface area contributed by atoms with Crippen molar-refractivity contribution in [1.29, 1.82) is 0 Å². The summed E-state index contributed by atoms with van der Waals surface area (Å²) in [6.07, 6.45) is 4.02. The van der Waals surface area contributed by atoms with Crippen molar-refractivity contribution in [3.8, 4) is 0 Å². The molecule has 0 aromatic carbocycles. The molecule has 0 atom stereocenters. The Morgan fingerprint density at radius 3 is 2.73 bits per heavy atom. The fourth-order valence-corrected chi connectivity index (χ4v) is 0.933. The van der Waals surface area contributed by atoms with E-state index >= 15 is 0 Å². The second kappa shape index (κ2) is 9.30. The van der Waals surface area contributed by atoms with Gasteiger partial charge in [-0.3, -0.25) is 10.7 Å². The lowest BCUT2D eigenvalue weighted by molar-refractivity contribution is -0.460. The highest BCUT2D eigenvalue weighted by atomic mass is 15.2. The van der Waals surface area contributed by atoms with Crippen LogP contribution in [0.2, 0.25) is 0 Å². The molecule has 0 fully saturated rings. The molecule has 0 amide bonds. The lowest BCUT2D eigenvalue weighted by atomic mass is 10.3. The van der Waals surface area contributed by atoms with Gasteiger partial charge >= 0.3 is 5.96 Å². The second-order valence-corrected chi connectivity index (χ2v) is 3.29. The van der Waals surface area contributed by atoms with Crippen molar-refractivity contribution in [2.24, 2.45) is 16.5 Å². The van der Waals surface area contributed by atoms with Crippen molar-refractivity contribution in [1.82, 2.24) is 5.32 Å². The third-order valence-corrected chi connectivity index (χ3v) is 1.80. The molecule has 5 nitrogen and oxygen atoms in total. The topological polar surface area (TPSA) is 90.4 Å². The Kier molecular flexibility index (Phi) is 8.52. The molecule has 6 N–H and O–H groups in total. The molecule has 0 aromatic rings. The van der Waals surface area contributed by atoms with Crippen molar-refractivity contribution >= 4 is 11.9 Å². The van der Waals surface area contributed by atoms with E-state index in [-0.39, 0.29) is 0 Å². The Labute approximate surface area is 92.0 Å². The van der Waals surface area contributed by atoms with Crippen LogP contribution in [0.15, 0.2) is 4.99 Å². The highest BCUT2D eigenvalue weighted by molar-refractivity contribution is 5.94. The predicted molar refractivity (Wildman–Crippen MR) is 64.1 cm³/mol. The highest BCUT2D eigenvalue weighted by Gasteiger charge is 2.00. The quantitative estimate of drug-likeness (QED) is 0.191. The number of nitrogens with two attached hydrogens (primary N) is 2. The Morgan fingerprint density at radius 1 is 1.40 bits per heavy atom. The molecule has 0 aliphatic heterocycles. The van der Waals surface area contributed by atoms with Crippen LogP contribution in [0.3, 0.4) is 0 Å². The summed E-state index contributed by atoms with van der Waals surface area (Å²) >= 11 is 0. The molecular formula is C10H23N5. The van der Waals surface area contributed by atoms with Crippen LogP contribution in [-0.2, 0) is 0 Å². The smallest absolute Gasteiger partial charge is 0.348 e. The zero-order valence-electron chi connectivity index (χ0n) is 9.55. The number of guanidine groups is 2. The van der Waals surface area contributed by atoms with Crippen molar-refractivity contribution < 1.29 is 4.99 Å². The molecule has 0 unspecified atom stereocenters. The summed E-state index contributed by atoms with van der Waals surface area (Å²) in [6.45, 7) is 7.38. The molecule has 15 heavy (non-hydrogen) atoms. The molecule has 0 saturated carbocycles. The van der Waals surface area contributed by atoms with E-state index in [1.165, 1.54) is 0 Å². The molecule has 0 saturated heterocycles. The van der Waals surface area contributed by atoms with E-state index < -0.39 is 0 Å². The van der Waals surface area contributed by atoms with Gasteiger partial charge in [-0.25, -0.2) is 10.3 Å². The Bertz CT molecular complexity index is 188. The highest BCUT2D eigenvalue weighted by Crippen LogP contribution is 1.84. The van der Waals surface area contributed by atoms with Crippen LogP contribution < -0.4 is 21.8 Å². The van der Waals surface area contributed by atoms with Gasteiger partial charge < -0.3 is 12.7 Å². The average molecular weight is 213 g/mol. The largest absolute Gasteiger partial charge is 0.357 e. The number of rotatable bonds is 6. The first-order valence-corrected chi connectivity index (χ1v) is 5.43. The standard InChI is InChI=1S/C10H22N5/c1-3-5-7-13-9(11)15-10(12)14-8-6-4-2/h1,3-8H2,2H3,(H5,11,12,13,14,15)/q-1/p+1. The van der Waals surface area contributed by atoms with Gasteiger partial charge in [0.05, 0.1) is 6.54 Å². The Hall–Kier alpha value is -1.26. The van der Waals surface area contributed by atoms with Gasteiger partial charge in [0.15, 0.2) is 0 Å². The lowest BCUT2D eigenvalue weighted by Gasteiger charge is -1.99. The van der Waals surface area contributed by atoms with E-state index in [9.17, 15) is 0 Å². The second-order valence-electron chi connectivity index (χ2n) is 3.29. The van der Waals surface area contributed by atoms with Crippen molar-refractivity contribution in [2.75, 3.05) is 13.1 Å². The van der Waals surface area contributed by atoms with Crippen LogP contribution in [0.1, 0.15) is 32.6 Å². The van der Waals surface area contributed by atoms with E-state index in [0.717, 1.165) is 32.2 Å². The van der Waals surface area contributed by atoms with Gasteiger partial charge in [0, 0.05) is 6.54 Å². The molecule has 0 rings (SSSR count). The third-order valence-electron chi connectivity index (χ3n) is 1.80. The molecule has 0 aliphatic rings. The maximum absolute atomic E-state index is 5.64. The predicted octanol–water partition coefficient (Wildman–Crippen LogP) is -1.30. The molecule has 0 aliphatic carbocycles. The van der Waals surface area contributed by atoms with Crippen LogP contribution in [0.4, 0.5) is 0 Å². The number of hydrogen-bond donors (Lipinski definition) is 4. The first kappa shape index (κ1) is 13.7. The number of hydrogen-bond acceptors (Lipinski definition) is 1. The normalized spacial score (nSPS) is 12.9. The monoisotopic (exact) mass is 213 g/mol. The van der Waals surface area contributed by atoms with Gasteiger partial charge in [-0.15, -0.1) is 0 Å². The summed E-state index contributed by atoms with van der Waals surface area (Å²) in [5.74, 6) is 0.810. The van der Waals surface area contributed by atoms with Gasteiger partial charge in [-0.2, -0.15) is 6.42 Å². The zero-order valence-corrected chi connectivity index (χ0v) is 9.55. The molecule has 0 bridgehead atoms. The molecule has 0 aromatic heterocycles. The summed E-state index contributed by atoms with van der Waals surface area (Å²) in [5.41, 5.74) is 11.2. The lowest BCUT2D eigenvalue weighted by Crippen LogP contribution is -2.79. The van der Waals surface area contributed by atoms with E-state index in [1.54, 1.807) is 0 Å². The van der Waals surface area contributed by atoms with Crippen LogP contribution in [0.25, 0.3) is 0 Å². The minimum absolute atomic E-state index is 0.352. The van der Waals surface area contributed by atoms with Crippen LogP contribution >= 0.6 is 0 Å². The van der Waals surface area contributed by atoms with Gasteiger partial charge in [-0.1, -0.05) is 19.8 Å². The SMILES string of the molecule is [CH2-]CCCN=C(N)NC(N)=[NH+]CCCC. The van der Waals surface area contributed by atoms with Crippen molar-refractivity contribution in [3.05, 3.63) is 6.92 Å². The van der Waals surface area contributed by atoms with E-state index in [1.807, 2.05) is 0 Å². The van der Waals surface area contributed by atoms with Gasteiger partial charge in [0.1, 0.15) is 0 Å². The summed E-state index contributed by atoms with van der Waals surface area (Å²) in [5, 5.41) is 2.79. The Morgan fingerprint density at radius 2 is 2.13 bits per heavy atom. The summed E-state index contributed by atoms with van der Waals surface area (Å²) in [4.78, 5) is 7.10. The fraction of sp³-hybridized carbons (Fsp3) is 0.700. The minimum atomic E-state index is 0.352. The van der Waals surface area contributed by atoms with E-state index in [0.29, 0.717) is 18.5 Å².